The second-order valence-corrected chi connectivity index (χ2v) is 7.43. The molecular weight excluding hydrogens is 319 g/mol. The minimum absolute atomic E-state index is 0.410. The Bertz CT molecular complexity index is 754. The third-order valence-electron chi connectivity index (χ3n) is 5.03. The summed E-state index contributed by atoms with van der Waals surface area (Å²) in [5.74, 6) is -1.08. The Hall–Kier alpha value is -1.96. The van der Waals surface area contributed by atoms with Gasteiger partial charge < -0.3 is 19.9 Å². The second-order valence-electron chi connectivity index (χ2n) is 7.43. The molecule has 0 aliphatic carbocycles. The number of fused-ring (bicyclic) bond motifs is 1. The number of hydrogen-bond donors (Lipinski definition) is 2. The molecule has 2 heterocycles. The first-order chi connectivity index (χ1) is 11.6. The van der Waals surface area contributed by atoms with Gasteiger partial charge in [0.1, 0.15) is 0 Å². The standard InChI is InChI=1S/C18H23BN2O4/c1-17(2)18(3,4)25-19(24-17)12(10-20-5)8-11-6-7-13-14(9-11)21-16(23)15(13)22/h6-9,20H,10H2,1-5H3,(H,21,22,23). The zero-order valence-electron chi connectivity index (χ0n) is 15.2. The zero-order valence-corrected chi connectivity index (χ0v) is 15.2. The van der Waals surface area contributed by atoms with Gasteiger partial charge >= 0.3 is 7.12 Å². The van der Waals surface area contributed by atoms with Crippen LogP contribution < -0.4 is 10.6 Å². The Morgan fingerprint density at radius 3 is 2.44 bits per heavy atom. The number of ketones is 1. The predicted molar refractivity (Wildman–Crippen MR) is 97.4 cm³/mol. The molecule has 0 spiro atoms. The first kappa shape index (κ1) is 17.9. The third kappa shape index (κ3) is 3.15. The van der Waals surface area contributed by atoms with Gasteiger partial charge in [0.2, 0.25) is 0 Å². The molecule has 0 saturated carbocycles. The van der Waals surface area contributed by atoms with Crippen molar-refractivity contribution < 1.29 is 18.9 Å². The van der Waals surface area contributed by atoms with E-state index in [-0.39, 0.29) is 0 Å². The summed E-state index contributed by atoms with van der Waals surface area (Å²) in [7, 11) is 1.41. The highest BCUT2D eigenvalue weighted by Gasteiger charge is 2.52. The topological polar surface area (TPSA) is 76.7 Å². The minimum atomic E-state index is -0.586. The van der Waals surface area contributed by atoms with Crippen molar-refractivity contribution >= 4 is 30.6 Å². The maximum atomic E-state index is 11.7. The molecule has 2 aliphatic heterocycles. The van der Waals surface area contributed by atoms with Gasteiger partial charge in [0.15, 0.2) is 0 Å². The van der Waals surface area contributed by atoms with Crippen molar-refractivity contribution in [2.24, 2.45) is 0 Å². The number of rotatable bonds is 4. The number of benzene rings is 1. The zero-order chi connectivity index (χ0) is 18.4. The van der Waals surface area contributed by atoms with Gasteiger partial charge in [-0.25, -0.2) is 0 Å². The Labute approximate surface area is 148 Å². The van der Waals surface area contributed by atoms with Crippen LogP contribution in [0.1, 0.15) is 43.6 Å². The van der Waals surface area contributed by atoms with E-state index in [2.05, 4.69) is 10.6 Å². The lowest BCUT2D eigenvalue weighted by Crippen LogP contribution is -2.41. The SMILES string of the molecule is CNCC(=Cc1ccc2c(c1)NC(=O)C2=O)B1OC(C)(C)C(C)(C)O1. The number of nitrogens with one attached hydrogen (secondary N) is 2. The lowest BCUT2D eigenvalue weighted by Gasteiger charge is -2.32. The Morgan fingerprint density at radius 1 is 1.20 bits per heavy atom. The van der Waals surface area contributed by atoms with Crippen LogP contribution in [-0.4, -0.2) is 43.6 Å². The number of hydrogen-bond acceptors (Lipinski definition) is 5. The van der Waals surface area contributed by atoms with Crippen molar-refractivity contribution in [1.82, 2.24) is 5.32 Å². The summed E-state index contributed by atoms with van der Waals surface area (Å²) in [5, 5.41) is 5.73. The molecule has 3 rings (SSSR count). The van der Waals surface area contributed by atoms with Crippen LogP contribution in [0.2, 0.25) is 0 Å². The molecule has 6 nitrogen and oxygen atoms in total. The fourth-order valence-electron chi connectivity index (χ4n) is 2.87. The van der Waals surface area contributed by atoms with Gasteiger partial charge in [-0.15, -0.1) is 0 Å². The smallest absolute Gasteiger partial charge is 0.400 e. The summed E-state index contributed by atoms with van der Waals surface area (Å²) in [5.41, 5.74) is 1.94. The van der Waals surface area contributed by atoms with Crippen LogP contribution >= 0.6 is 0 Å². The number of Topliss-reactive ketones (excluding diaryl/α,β-unsaturated/α-hetero) is 1. The number of carbonyl (C=O) groups excluding carboxylic acids is 2. The van der Waals surface area contributed by atoms with Crippen LogP contribution in [-0.2, 0) is 14.1 Å². The molecule has 0 radical (unpaired) electrons. The van der Waals surface area contributed by atoms with Crippen LogP contribution in [0.3, 0.4) is 0 Å². The average Bonchev–Trinajstić information content (AvgIpc) is 2.91. The molecule has 1 saturated heterocycles. The van der Waals surface area contributed by atoms with E-state index in [4.69, 9.17) is 9.31 Å². The molecule has 1 amide bonds. The van der Waals surface area contributed by atoms with Crippen LogP contribution in [0.5, 0.6) is 0 Å². The van der Waals surface area contributed by atoms with Crippen LogP contribution in [0.4, 0.5) is 5.69 Å². The van der Waals surface area contributed by atoms with Crippen molar-refractivity contribution in [2.45, 2.75) is 38.9 Å². The van der Waals surface area contributed by atoms with E-state index >= 15 is 0 Å². The summed E-state index contributed by atoms with van der Waals surface area (Å²) < 4.78 is 12.2. The number of likely N-dealkylation sites (N-methyl/N-ethyl adjacent to an activating group) is 1. The highest BCUT2D eigenvalue weighted by atomic mass is 16.7. The largest absolute Gasteiger partial charge is 0.491 e. The number of anilines is 1. The Balaban J connectivity index is 1.91. The Morgan fingerprint density at radius 2 is 1.84 bits per heavy atom. The fraction of sp³-hybridized carbons (Fsp3) is 0.444. The van der Waals surface area contributed by atoms with Crippen molar-refractivity contribution in [3.63, 3.8) is 0 Å². The third-order valence-corrected chi connectivity index (χ3v) is 5.03. The fourth-order valence-corrected chi connectivity index (χ4v) is 2.87. The van der Waals surface area contributed by atoms with E-state index in [1.54, 1.807) is 12.1 Å². The van der Waals surface area contributed by atoms with Gasteiger partial charge in [0.25, 0.3) is 11.7 Å². The summed E-state index contributed by atoms with van der Waals surface area (Å²) in [6.45, 7) is 8.65. The minimum Gasteiger partial charge on any atom is -0.400 e. The number of carbonyl (C=O) groups is 2. The quantitative estimate of drug-likeness (QED) is 0.647. The van der Waals surface area contributed by atoms with Crippen molar-refractivity contribution in [3.8, 4) is 0 Å². The molecule has 25 heavy (non-hydrogen) atoms. The van der Waals surface area contributed by atoms with Crippen LogP contribution in [0.25, 0.3) is 6.08 Å². The summed E-state index contributed by atoms with van der Waals surface area (Å²) in [6.07, 6.45) is 1.97. The summed E-state index contributed by atoms with van der Waals surface area (Å²) in [4.78, 5) is 23.2. The number of amides is 1. The molecule has 7 heteroatoms. The molecule has 2 aliphatic rings. The van der Waals surface area contributed by atoms with E-state index in [0.717, 1.165) is 11.0 Å². The Kier molecular flexibility index (Phi) is 4.35. The van der Waals surface area contributed by atoms with Crippen LogP contribution in [0.15, 0.2) is 23.7 Å². The van der Waals surface area contributed by atoms with E-state index < -0.39 is 30.0 Å². The normalized spacial score (nSPS) is 21.5. The van der Waals surface area contributed by atoms with E-state index in [0.29, 0.717) is 17.8 Å². The molecular formula is C18H23BN2O4. The van der Waals surface area contributed by atoms with Gasteiger partial charge in [0.05, 0.1) is 22.5 Å². The molecule has 1 fully saturated rings. The average molecular weight is 342 g/mol. The highest BCUT2D eigenvalue weighted by Crippen LogP contribution is 2.38. The first-order valence-electron chi connectivity index (χ1n) is 8.35. The molecule has 1 aromatic carbocycles. The molecule has 132 valence electrons. The molecule has 0 bridgehead atoms. The van der Waals surface area contributed by atoms with Crippen molar-refractivity contribution in [3.05, 3.63) is 34.8 Å². The summed E-state index contributed by atoms with van der Waals surface area (Å²) in [6, 6.07) is 5.28. The predicted octanol–water partition coefficient (Wildman–Crippen LogP) is 2.06. The van der Waals surface area contributed by atoms with Gasteiger partial charge in [-0.05, 0) is 57.9 Å². The van der Waals surface area contributed by atoms with E-state index in [9.17, 15) is 9.59 Å². The lowest BCUT2D eigenvalue weighted by atomic mass is 9.77. The molecule has 2 N–H and O–H groups in total. The maximum Gasteiger partial charge on any atom is 0.491 e. The molecule has 0 atom stereocenters. The second kappa shape index (κ2) is 6.09. The van der Waals surface area contributed by atoms with E-state index in [1.165, 1.54) is 0 Å². The van der Waals surface area contributed by atoms with Gasteiger partial charge in [-0.3, -0.25) is 9.59 Å². The molecule has 1 aromatic rings. The summed E-state index contributed by atoms with van der Waals surface area (Å²) >= 11 is 0. The van der Waals surface area contributed by atoms with Crippen molar-refractivity contribution in [1.29, 1.82) is 0 Å². The monoisotopic (exact) mass is 342 g/mol. The molecule has 0 aromatic heterocycles. The highest BCUT2D eigenvalue weighted by molar-refractivity contribution is 6.56. The van der Waals surface area contributed by atoms with E-state index in [1.807, 2.05) is 46.9 Å². The van der Waals surface area contributed by atoms with Gasteiger partial charge in [-0.2, -0.15) is 0 Å². The van der Waals surface area contributed by atoms with Crippen molar-refractivity contribution in [2.75, 3.05) is 18.9 Å². The van der Waals surface area contributed by atoms with Crippen LogP contribution in [0, 0.1) is 0 Å². The maximum absolute atomic E-state index is 11.7. The first-order valence-corrected chi connectivity index (χ1v) is 8.35. The van der Waals surface area contributed by atoms with Gasteiger partial charge in [-0.1, -0.05) is 12.1 Å². The van der Waals surface area contributed by atoms with Gasteiger partial charge in [0, 0.05) is 6.54 Å². The molecule has 0 unspecified atom stereocenters. The lowest BCUT2D eigenvalue weighted by molar-refractivity contribution is -0.112.